The number of pyridine rings is 1. The number of halogens is 1. The number of aromatic nitrogens is 1. The van der Waals surface area contributed by atoms with Crippen LogP contribution in [0.15, 0.2) is 30.5 Å². The third-order valence-electron chi connectivity index (χ3n) is 4.26. The number of carbonyl (C=O) groups is 1. The Bertz CT molecular complexity index is 849. The first-order chi connectivity index (χ1) is 11.2. The highest BCUT2D eigenvalue weighted by atomic mass is 19.1. The number of hydrogen-bond donors (Lipinski definition) is 2. The van der Waals surface area contributed by atoms with Crippen LogP contribution in [-0.2, 0) is 10.2 Å². The molecule has 8 heteroatoms. The van der Waals surface area contributed by atoms with Gasteiger partial charge in [0.1, 0.15) is 5.82 Å². The van der Waals surface area contributed by atoms with Crippen molar-refractivity contribution in [2.24, 2.45) is 5.73 Å². The summed E-state index contributed by atoms with van der Waals surface area (Å²) in [7, 11) is 0. The highest BCUT2D eigenvalue weighted by Gasteiger charge is 2.40. The van der Waals surface area contributed by atoms with E-state index in [9.17, 15) is 19.3 Å². The molecule has 0 aliphatic carbocycles. The smallest absolute Gasteiger partial charge is 0.276 e. The van der Waals surface area contributed by atoms with Gasteiger partial charge in [-0.3, -0.25) is 19.9 Å². The summed E-state index contributed by atoms with van der Waals surface area (Å²) in [6, 6.07) is 4.52. The molecule has 0 saturated heterocycles. The Morgan fingerprint density at radius 1 is 1.38 bits per heavy atom. The Kier molecular flexibility index (Phi) is 3.56. The van der Waals surface area contributed by atoms with Gasteiger partial charge in [0.05, 0.1) is 39.5 Å². The quantitative estimate of drug-likeness (QED) is 0.663. The molecule has 24 heavy (non-hydrogen) atoms. The molecule has 2 aromatic rings. The van der Waals surface area contributed by atoms with Crippen molar-refractivity contribution >= 4 is 17.3 Å². The maximum absolute atomic E-state index is 13.0. The standard InChI is InChI=1S/C16H15FN4O3/c1-16(2)10-5-9(14(18)11-4-3-8(17)7-19-11)13(21(23)24)6-12(10)20-15(16)22/h3-7,14H,18H2,1-2H3,(H,20,22). The summed E-state index contributed by atoms with van der Waals surface area (Å²) in [5.41, 5.74) is 6.64. The van der Waals surface area contributed by atoms with Crippen LogP contribution in [0.5, 0.6) is 0 Å². The number of nitrogens with zero attached hydrogens (tertiary/aromatic N) is 2. The second kappa shape index (κ2) is 5.34. The monoisotopic (exact) mass is 330 g/mol. The van der Waals surface area contributed by atoms with E-state index in [0.717, 1.165) is 6.20 Å². The van der Waals surface area contributed by atoms with Gasteiger partial charge < -0.3 is 11.1 Å². The summed E-state index contributed by atoms with van der Waals surface area (Å²) in [6.07, 6.45) is 1.00. The zero-order valence-electron chi connectivity index (χ0n) is 13.0. The van der Waals surface area contributed by atoms with Gasteiger partial charge in [-0.25, -0.2) is 4.39 Å². The van der Waals surface area contributed by atoms with E-state index in [0.29, 0.717) is 16.9 Å². The van der Waals surface area contributed by atoms with Crippen LogP contribution in [0, 0.1) is 15.9 Å². The number of nitro groups is 1. The molecule has 3 N–H and O–H groups in total. The summed E-state index contributed by atoms with van der Waals surface area (Å²) in [6.45, 7) is 3.46. The molecule has 1 aliphatic heterocycles. The van der Waals surface area contributed by atoms with Crippen LogP contribution in [0.4, 0.5) is 15.8 Å². The molecule has 0 radical (unpaired) electrons. The minimum atomic E-state index is -0.914. The number of nitro benzene ring substituents is 1. The zero-order chi connectivity index (χ0) is 17.6. The molecule has 0 bridgehead atoms. The molecule has 124 valence electrons. The highest BCUT2D eigenvalue weighted by molar-refractivity contribution is 6.06. The summed E-state index contributed by atoms with van der Waals surface area (Å²) < 4.78 is 13.0. The molecule has 1 aromatic carbocycles. The van der Waals surface area contributed by atoms with E-state index in [-0.39, 0.29) is 17.2 Å². The lowest BCUT2D eigenvalue weighted by Crippen LogP contribution is -2.27. The second-order valence-electron chi connectivity index (χ2n) is 6.17. The lowest BCUT2D eigenvalue weighted by atomic mass is 9.84. The molecular weight excluding hydrogens is 315 g/mol. The SMILES string of the molecule is CC1(C)C(=O)Nc2cc([N+](=O)[O-])c(C(N)c3ccc(F)cn3)cc21. The summed E-state index contributed by atoms with van der Waals surface area (Å²) >= 11 is 0. The summed E-state index contributed by atoms with van der Waals surface area (Å²) in [5.74, 6) is -0.761. The van der Waals surface area contributed by atoms with Gasteiger partial charge in [0, 0.05) is 6.07 Å². The Labute approximate surface area is 136 Å². The van der Waals surface area contributed by atoms with Gasteiger partial charge in [-0.05, 0) is 37.6 Å². The van der Waals surface area contributed by atoms with Crippen molar-refractivity contribution in [2.45, 2.75) is 25.3 Å². The maximum Gasteiger partial charge on any atom is 0.276 e. The molecule has 7 nitrogen and oxygen atoms in total. The lowest BCUT2D eigenvalue weighted by molar-refractivity contribution is -0.385. The number of fused-ring (bicyclic) bond motifs is 1. The number of anilines is 1. The molecule has 1 aliphatic rings. The molecule has 1 atom stereocenters. The van der Waals surface area contributed by atoms with E-state index in [1.165, 1.54) is 18.2 Å². The minimum absolute atomic E-state index is 0.217. The van der Waals surface area contributed by atoms with Crippen LogP contribution in [-0.4, -0.2) is 15.8 Å². The molecule has 1 amide bonds. The largest absolute Gasteiger partial charge is 0.325 e. The number of benzene rings is 1. The van der Waals surface area contributed by atoms with Gasteiger partial charge in [0.15, 0.2) is 0 Å². The van der Waals surface area contributed by atoms with Crippen molar-refractivity contribution < 1.29 is 14.1 Å². The fraction of sp³-hybridized carbons (Fsp3) is 0.250. The second-order valence-corrected chi connectivity index (χ2v) is 6.17. The molecule has 3 rings (SSSR count). The van der Waals surface area contributed by atoms with Crippen LogP contribution in [0.25, 0.3) is 0 Å². The third-order valence-corrected chi connectivity index (χ3v) is 4.26. The number of hydrogen-bond acceptors (Lipinski definition) is 5. The molecule has 0 fully saturated rings. The Morgan fingerprint density at radius 3 is 2.67 bits per heavy atom. The average Bonchev–Trinajstić information content (AvgIpc) is 2.75. The van der Waals surface area contributed by atoms with E-state index in [4.69, 9.17) is 5.73 Å². The number of rotatable bonds is 3. The minimum Gasteiger partial charge on any atom is -0.325 e. The average molecular weight is 330 g/mol. The van der Waals surface area contributed by atoms with Crippen LogP contribution in [0.3, 0.4) is 0 Å². The topological polar surface area (TPSA) is 111 Å². The van der Waals surface area contributed by atoms with Crippen molar-refractivity contribution in [1.29, 1.82) is 0 Å². The molecule has 2 heterocycles. The maximum atomic E-state index is 13.0. The molecule has 1 unspecified atom stereocenters. The van der Waals surface area contributed by atoms with Crippen LogP contribution < -0.4 is 11.1 Å². The van der Waals surface area contributed by atoms with Gasteiger partial charge in [0.25, 0.3) is 5.69 Å². The zero-order valence-corrected chi connectivity index (χ0v) is 13.0. The summed E-state index contributed by atoms with van der Waals surface area (Å²) in [5, 5.41) is 14.1. The third kappa shape index (κ3) is 2.41. The fourth-order valence-corrected chi connectivity index (χ4v) is 2.76. The van der Waals surface area contributed by atoms with E-state index in [1.54, 1.807) is 19.9 Å². The van der Waals surface area contributed by atoms with Crippen molar-refractivity contribution in [2.75, 3.05) is 5.32 Å². The fourth-order valence-electron chi connectivity index (χ4n) is 2.76. The van der Waals surface area contributed by atoms with Gasteiger partial charge in [-0.1, -0.05) is 0 Å². The van der Waals surface area contributed by atoms with Gasteiger partial charge in [-0.15, -0.1) is 0 Å². The molecule has 1 aromatic heterocycles. The van der Waals surface area contributed by atoms with Crippen molar-refractivity contribution in [3.05, 3.63) is 63.2 Å². The molecular formula is C16H15FN4O3. The number of nitrogens with one attached hydrogen (secondary N) is 1. The van der Waals surface area contributed by atoms with Gasteiger partial charge in [0.2, 0.25) is 5.91 Å². The van der Waals surface area contributed by atoms with E-state index >= 15 is 0 Å². The summed E-state index contributed by atoms with van der Waals surface area (Å²) in [4.78, 5) is 26.8. The van der Waals surface area contributed by atoms with Crippen LogP contribution >= 0.6 is 0 Å². The first-order valence-corrected chi connectivity index (χ1v) is 7.23. The number of nitrogens with two attached hydrogens (primary N) is 1. The Morgan fingerprint density at radius 2 is 2.08 bits per heavy atom. The predicted molar refractivity (Wildman–Crippen MR) is 85.0 cm³/mol. The Hall–Kier alpha value is -2.87. The van der Waals surface area contributed by atoms with E-state index in [2.05, 4.69) is 10.3 Å². The normalized spacial score (nSPS) is 16.4. The number of amides is 1. The highest BCUT2D eigenvalue weighted by Crippen LogP contribution is 2.42. The van der Waals surface area contributed by atoms with Crippen molar-refractivity contribution in [3.8, 4) is 0 Å². The molecule has 0 spiro atoms. The lowest BCUT2D eigenvalue weighted by Gasteiger charge is -2.18. The van der Waals surface area contributed by atoms with Crippen LogP contribution in [0.2, 0.25) is 0 Å². The van der Waals surface area contributed by atoms with Crippen LogP contribution in [0.1, 0.15) is 36.7 Å². The first-order valence-electron chi connectivity index (χ1n) is 7.23. The molecule has 0 saturated carbocycles. The number of carbonyl (C=O) groups excluding carboxylic acids is 1. The van der Waals surface area contributed by atoms with Crippen molar-refractivity contribution in [1.82, 2.24) is 4.98 Å². The van der Waals surface area contributed by atoms with E-state index < -0.39 is 22.2 Å². The van der Waals surface area contributed by atoms with Gasteiger partial charge in [-0.2, -0.15) is 0 Å². The Balaban J connectivity index is 2.16. The van der Waals surface area contributed by atoms with Gasteiger partial charge >= 0.3 is 0 Å². The first kappa shape index (κ1) is 16.0. The van der Waals surface area contributed by atoms with Crippen molar-refractivity contribution in [3.63, 3.8) is 0 Å². The van der Waals surface area contributed by atoms with E-state index in [1.807, 2.05) is 0 Å². The predicted octanol–water partition coefficient (Wildman–Crippen LogP) is 2.41.